The van der Waals surface area contributed by atoms with Gasteiger partial charge < -0.3 is 10.0 Å². The lowest BCUT2D eigenvalue weighted by molar-refractivity contribution is -0.147. The van der Waals surface area contributed by atoms with Crippen LogP contribution in [0.3, 0.4) is 0 Å². The van der Waals surface area contributed by atoms with Crippen LogP contribution in [-0.4, -0.2) is 24.7 Å². The zero-order chi connectivity index (χ0) is 12.2. The lowest BCUT2D eigenvalue weighted by Crippen LogP contribution is -2.30. The van der Waals surface area contributed by atoms with Crippen molar-refractivity contribution in [2.24, 2.45) is 5.41 Å². The third kappa shape index (κ3) is 3.26. The molecule has 0 spiro atoms. The Balaban J connectivity index is 2.54. The summed E-state index contributed by atoms with van der Waals surface area (Å²) in [5.41, 5.74) is 0.451. The summed E-state index contributed by atoms with van der Waals surface area (Å²) in [5.74, 6) is -0.742. The van der Waals surface area contributed by atoms with Gasteiger partial charge in [0.25, 0.3) is 0 Å². The maximum Gasteiger partial charge on any atom is 0.309 e. The number of nitrogens with zero attached hydrogens (tertiary/aromatic N) is 1. The van der Waals surface area contributed by atoms with Gasteiger partial charge >= 0.3 is 5.97 Å². The molecular weight excluding hydrogens is 202 g/mol. The SMILES string of the molecule is CN(CCC(C)(C)C(=O)O)c1ccccc1. The van der Waals surface area contributed by atoms with Gasteiger partial charge in [0.2, 0.25) is 0 Å². The van der Waals surface area contributed by atoms with Crippen molar-refractivity contribution in [1.29, 1.82) is 0 Å². The summed E-state index contributed by atoms with van der Waals surface area (Å²) < 4.78 is 0. The fourth-order valence-corrected chi connectivity index (χ4v) is 1.37. The Morgan fingerprint density at radius 2 is 1.88 bits per heavy atom. The molecule has 1 rings (SSSR count). The third-order valence-electron chi connectivity index (χ3n) is 2.85. The van der Waals surface area contributed by atoms with E-state index in [0.29, 0.717) is 6.42 Å². The van der Waals surface area contributed by atoms with Crippen molar-refractivity contribution >= 4 is 11.7 Å². The molecule has 0 saturated heterocycles. The molecule has 0 bridgehead atoms. The summed E-state index contributed by atoms with van der Waals surface area (Å²) in [6.45, 7) is 4.26. The van der Waals surface area contributed by atoms with E-state index in [1.807, 2.05) is 37.4 Å². The van der Waals surface area contributed by atoms with Gasteiger partial charge in [-0.05, 0) is 32.4 Å². The molecule has 16 heavy (non-hydrogen) atoms. The molecule has 1 aromatic carbocycles. The molecule has 0 amide bonds. The lowest BCUT2D eigenvalue weighted by Gasteiger charge is -2.25. The predicted octanol–water partition coefficient (Wildman–Crippen LogP) is 2.62. The second-order valence-corrected chi connectivity index (χ2v) is 4.70. The number of carbonyl (C=O) groups is 1. The van der Waals surface area contributed by atoms with Crippen LogP contribution in [-0.2, 0) is 4.79 Å². The maximum absolute atomic E-state index is 11.0. The number of anilines is 1. The molecule has 0 aromatic heterocycles. The first-order valence-electron chi connectivity index (χ1n) is 5.43. The van der Waals surface area contributed by atoms with E-state index in [1.54, 1.807) is 13.8 Å². The molecule has 0 aliphatic heterocycles. The Hall–Kier alpha value is -1.51. The maximum atomic E-state index is 11.0. The van der Waals surface area contributed by atoms with Crippen LogP contribution in [0.15, 0.2) is 30.3 Å². The lowest BCUT2D eigenvalue weighted by atomic mass is 9.89. The van der Waals surface area contributed by atoms with Crippen LogP contribution in [0.2, 0.25) is 0 Å². The van der Waals surface area contributed by atoms with Crippen LogP contribution in [0.5, 0.6) is 0 Å². The Morgan fingerprint density at radius 3 is 2.38 bits per heavy atom. The number of hydrogen-bond acceptors (Lipinski definition) is 2. The van der Waals surface area contributed by atoms with Crippen molar-refractivity contribution in [3.63, 3.8) is 0 Å². The van der Waals surface area contributed by atoms with Gasteiger partial charge in [-0.1, -0.05) is 18.2 Å². The number of benzene rings is 1. The number of aliphatic carboxylic acids is 1. The molecule has 1 aromatic rings. The average molecular weight is 221 g/mol. The quantitative estimate of drug-likeness (QED) is 0.831. The molecule has 0 fully saturated rings. The van der Waals surface area contributed by atoms with E-state index in [0.717, 1.165) is 12.2 Å². The van der Waals surface area contributed by atoms with Gasteiger partial charge in [-0.25, -0.2) is 0 Å². The van der Waals surface area contributed by atoms with Gasteiger partial charge in [-0.15, -0.1) is 0 Å². The van der Waals surface area contributed by atoms with E-state index in [-0.39, 0.29) is 0 Å². The molecule has 3 heteroatoms. The van der Waals surface area contributed by atoms with Crippen molar-refractivity contribution in [2.75, 3.05) is 18.5 Å². The highest BCUT2D eigenvalue weighted by Gasteiger charge is 2.26. The molecular formula is C13H19NO2. The summed E-state index contributed by atoms with van der Waals surface area (Å²) in [5, 5.41) is 9.01. The molecule has 0 radical (unpaired) electrons. The second-order valence-electron chi connectivity index (χ2n) is 4.70. The highest BCUT2D eigenvalue weighted by molar-refractivity contribution is 5.73. The fraction of sp³-hybridized carbons (Fsp3) is 0.462. The van der Waals surface area contributed by atoms with Crippen molar-refractivity contribution in [3.05, 3.63) is 30.3 Å². The third-order valence-corrected chi connectivity index (χ3v) is 2.85. The fourth-order valence-electron chi connectivity index (χ4n) is 1.37. The number of carboxylic acids is 1. The minimum absolute atomic E-state index is 0.633. The summed E-state index contributed by atoms with van der Waals surface area (Å²) in [6.07, 6.45) is 0.633. The zero-order valence-electron chi connectivity index (χ0n) is 10.1. The molecule has 0 atom stereocenters. The number of carboxylic acid groups (broad SMARTS) is 1. The largest absolute Gasteiger partial charge is 0.481 e. The van der Waals surface area contributed by atoms with E-state index in [2.05, 4.69) is 4.90 Å². The Kier molecular flexibility index (Phi) is 3.93. The summed E-state index contributed by atoms with van der Waals surface area (Å²) >= 11 is 0. The topological polar surface area (TPSA) is 40.5 Å². The Morgan fingerprint density at radius 1 is 1.31 bits per heavy atom. The van der Waals surface area contributed by atoms with Crippen LogP contribution in [0, 0.1) is 5.41 Å². The van der Waals surface area contributed by atoms with Crippen molar-refractivity contribution in [1.82, 2.24) is 0 Å². The van der Waals surface area contributed by atoms with E-state index < -0.39 is 11.4 Å². The molecule has 3 nitrogen and oxygen atoms in total. The molecule has 0 saturated carbocycles. The molecule has 1 N–H and O–H groups in total. The highest BCUT2D eigenvalue weighted by Crippen LogP contribution is 2.22. The van der Waals surface area contributed by atoms with Crippen molar-refractivity contribution < 1.29 is 9.90 Å². The van der Waals surface area contributed by atoms with Crippen molar-refractivity contribution in [3.8, 4) is 0 Å². The van der Waals surface area contributed by atoms with Crippen LogP contribution < -0.4 is 4.90 Å². The number of rotatable bonds is 5. The highest BCUT2D eigenvalue weighted by atomic mass is 16.4. The van der Waals surface area contributed by atoms with Gasteiger partial charge in [0, 0.05) is 19.3 Å². The van der Waals surface area contributed by atoms with Crippen LogP contribution in [0.25, 0.3) is 0 Å². The van der Waals surface area contributed by atoms with Gasteiger partial charge in [0.05, 0.1) is 5.41 Å². The molecule has 88 valence electrons. The monoisotopic (exact) mass is 221 g/mol. The van der Waals surface area contributed by atoms with Gasteiger partial charge in [-0.2, -0.15) is 0 Å². The van der Waals surface area contributed by atoms with Crippen LogP contribution in [0.4, 0.5) is 5.69 Å². The first-order valence-corrected chi connectivity index (χ1v) is 5.43. The minimum atomic E-state index is -0.742. The average Bonchev–Trinajstić information content (AvgIpc) is 2.27. The van der Waals surface area contributed by atoms with Gasteiger partial charge in [0.1, 0.15) is 0 Å². The summed E-state index contributed by atoms with van der Waals surface area (Å²) in [4.78, 5) is 13.0. The van der Waals surface area contributed by atoms with E-state index >= 15 is 0 Å². The molecule has 0 heterocycles. The Bertz CT molecular complexity index is 346. The second kappa shape index (κ2) is 5.01. The molecule has 0 aliphatic carbocycles. The van der Waals surface area contributed by atoms with Crippen molar-refractivity contribution in [2.45, 2.75) is 20.3 Å². The van der Waals surface area contributed by atoms with Gasteiger partial charge in [0.15, 0.2) is 0 Å². The Labute approximate surface area is 96.7 Å². The standard InChI is InChI=1S/C13H19NO2/c1-13(2,12(15)16)9-10-14(3)11-7-5-4-6-8-11/h4-8H,9-10H2,1-3H3,(H,15,16). The summed E-state index contributed by atoms with van der Waals surface area (Å²) in [6, 6.07) is 9.97. The number of hydrogen-bond donors (Lipinski definition) is 1. The molecule has 0 unspecified atom stereocenters. The zero-order valence-corrected chi connectivity index (χ0v) is 10.1. The van der Waals surface area contributed by atoms with E-state index in [9.17, 15) is 4.79 Å². The first kappa shape index (κ1) is 12.6. The first-order chi connectivity index (χ1) is 7.43. The minimum Gasteiger partial charge on any atom is -0.481 e. The predicted molar refractivity (Wildman–Crippen MR) is 65.7 cm³/mol. The van der Waals surface area contributed by atoms with E-state index in [1.165, 1.54) is 0 Å². The molecule has 0 aliphatic rings. The van der Waals surface area contributed by atoms with Crippen LogP contribution in [0.1, 0.15) is 20.3 Å². The number of para-hydroxylation sites is 1. The normalized spacial score (nSPS) is 11.2. The van der Waals surface area contributed by atoms with Gasteiger partial charge in [-0.3, -0.25) is 4.79 Å². The van der Waals surface area contributed by atoms with E-state index in [4.69, 9.17) is 5.11 Å². The summed E-state index contributed by atoms with van der Waals surface area (Å²) in [7, 11) is 1.98. The smallest absolute Gasteiger partial charge is 0.309 e. The van der Waals surface area contributed by atoms with Crippen LogP contribution >= 0.6 is 0 Å².